The minimum Gasteiger partial charge on any atom is -0.356 e. The first-order chi connectivity index (χ1) is 11.4. The van der Waals surface area contributed by atoms with E-state index < -0.39 is 0 Å². The zero-order valence-corrected chi connectivity index (χ0v) is 17.1. The maximum atomic E-state index is 3.59. The SMILES string of the molecule is CC1C(C)(C)c2ccc(Nc3ccc(C(C)(C)C)cc3)cc2C1(C)C. The highest BCUT2D eigenvalue weighted by Gasteiger charge is 2.48. The average Bonchev–Trinajstić information content (AvgIpc) is 2.65. The molecular formula is C24H33N. The van der Waals surface area contributed by atoms with Crippen LogP contribution in [0.3, 0.4) is 0 Å². The first-order valence-electron chi connectivity index (χ1n) is 9.46. The van der Waals surface area contributed by atoms with Gasteiger partial charge < -0.3 is 5.32 Å². The van der Waals surface area contributed by atoms with Crippen molar-refractivity contribution in [2.45, 2.75) is 71.6 Å². The van der Waals surface area contributed by atoms with E-state index in [1.807, 2.05) is 0 Å². The molecule has 0 fully saturated rings. The lowest BCUT2D eigenvalue weighted by Gasteiger charge is -2.32. The Balaban J connectivity index is 1.91. The van der Waals surface area contributed by atoms with Gasteiger partial charge in [-0.15, -0.1) is 0 Å². The molecule has 134 valence electrons. The van der Waals surface area contributed by atoms with Crippen molar-refractivity contribution in [1.82, 2.24) is 0 Å². The van der Waals surface area contributed by atoms with Gasteiger partial charge in [-0.25, -0.2) is 0 Å². The summed E-state index contributed by atoms with van der Waals surface area (Å²) in [5.74, 6) is 0.622. The van der Waals surface area contributed by atoms with Crippen LogP contribution < -0.4 is 5.32 Å². The normalized spacial score (nSPS) is 21.0. The fourth-order valence-electron chi connectivity index (χ4n) is 4.31. The van der Waals surface area contributed by atoms with Crippen LogP contribution in [0.25, 0.3) is 0 Å². The van der Waals surface area contributed by atoms with Crippen molar-refractivity contribution >= 4 is 11.4 Å². The minimum absolute atomic E-state index is 0.192. The molecule has 0 bridgehead atoms. The average molecular weight is 336 g/mol. The van der Waals surface area contributed by atoms with Crippen LogP contribution in [-0.4, -0.2) is 0 Å². The summed E-state index contributed by atoms with van der Waals surface area (Å²) in [5, 5.41) is 3.59. The Bertz CT molecular complexity index is 773. The second kappa shape index (κ2) is 5.62. The van der Waals surface area contributed by atoms with Crippen molar-refractivity contribution < 1.29 is 0 Å². The lowest BCUT2D eigenvalue weighted by Crippen LogP contribution is -2.30. The lowest BCUT2D eigenvalue weighted by atomic mass is 9.71. The standard InChI is InChI=1S/C24H33N/c1-16-23(5,6)20-14-13-19(15-21(20)24(16,7)8)25-18-11-9-17(10-12-18)22(2,3)4/h9-16,25H,1-8H3. The predicted octanol–water partition coefficient (Wildman–Crippen LogP) is 6.93. The molecule has 0 saturated carbocycles. The van der Waals surface area contributed by atoms with Gasteiger partial charge in [-0.1, -0.05) is 73.6 Å². The Morgan fingerprint density at radius 2 is 1.28 bits per heavy atom. The van der Waals surface area contributed by atoms with Gasteiger partial charge in [-0.05, 0) is 63.1 Å². The molecule has 0 radical (unpaired) electrons. The number of fused-ring (bicyclic) bond motifs is 1. The summed E-state index contributed by atoms with van der Waals surface area (Å²) in [6.45, 7) is 18.7. The van der Waals surface area contributed by atoms with E-state index in [2.05, 4.69) is 103 Å². The van der Waals surface area contributed by atoms with Crippen LogP contribution in [0.2, 0.25) is 0 Å². The van der Waals surface area contributed by atoms with Crippen molar-refractivity contribution in [2.75, 3.05) is 5.32 Å². The molecule has 0 aliphatic heterocycles. The van der Waals surface area contributed by atoms with Gasteiger partial charge in [0.25, 0.3) is 0 Å². The second-order valence-electron chi connectivity index (χ2n) is 9.88. The van der Waals surface area contributed by atoms with Crippen LogP contribution in [0.1, 0.15) is 72.1 Å². The highest BCUT2D eigenvalue weighted by atomic mass is 14.9. The van der Waals surface area contributed by atoms with Gasteiger partial charge in [0.1, 0.15) is 0 Å². The topological polar surface area (TPSA) is 12.0 Å². The third-order valence-corrected chi connectivity index (χ3v) is 6.61. The van der Waals surface area contributed by atoms with Gasteiger partial charge in [-0.2, -0.15) is 0 Å². The van der Waals surface area contributed by atoms with E-state index in [4.69, 9.17) is 0 Å². The Morgan fingerprint density at radius 1 is 0.760 bits per heavy atom. The molecule has 1 aliphatic carbocycles. The summed E-state index contributed by atoms with van der Waals surface area (Å²) in [6.07, 6.45) is 0. The fraction of sp³-hybridized carbons (Fsp3) is 0.500. The molecule has 0 amide bonds. The van der Waals surface area contributed by atoms with Crippen LogP contribution in [0, 0.1) is 5.92 Å². The van der Waals surface area contributed by atoms with Crippen molar-refractivity contribution in [2.24, 2.45) is 5.92 Å². The molecule has 0 spiro atoms. The number of nitrogens with one attached hydrogen (secondary N) is 1. The van der Waals surface area contributed by atoms with Gasteiger partial charge in [0, 0.05) is 11.4 Å². The first-order valence-corrected chi connectivity index (χ1v) is 9.46. The maximum Gasteiger partial charge on any atom is 0.0387 e. The molecule has 25 heavy (non-hydrogen) atoms. The van der Waals surface area contributed by atoms with E-state index >= 15 is 0 Å². The number of rotatable bonds is 2. The summed E-state index contributed by atoms with van der Waals surface area (Å²) >= 11 is 0. The summed E-state index contributed by atoms with van der Waals surface area (Å²) in [7, 11) is 0. The molecule has 1 aliphatic rings. The highest BCUT2D eigenvalue weighted by molar-refractivity contribution is 5.64. The minimum atomic E-state index is 0.192. The van der Waals surface area contributed by atoms with Crippen LogP contribution in [0.5, 0.6) is 0 Å². The molecule has 2 aromatic rings. The van der Waals surface area contributed by atoms with E-state index in [-0.39, 0.29) is 16.2 Å². The quantitative estimate of drug-likeness (QED) is 0.627. The third-order valence-electron chi connectivity index (χ3n) is 6.61. The van der Waals surface area contributed by atoms with Crippen molar-refractivity contribution in [3.05, 3.63) is 59.2 Å². The van der Waals surface area contributed by atoms with Crippen molar-refractivity contribution in [3.8, 4) is 0 Å². The first kappa shape index (κ1) is 18.0. The summed E-state index contributed by atoms with van der Waals surface area (Å²) < 4.78 is 0. The smallest absolute Gasteiger partial charge is 0.0387 e. The molecule has 0 saturated heterocycles. The molecule has 3 rings (SSSR count). The molecule has 0 heterocycles. The predicted molar refractivity (Wildman–Crippen MR) is 110 cm³/mol. The van der Waals surface area contributed by atoms with Gasteiger partial charge in [0.05, 0.1) is 0 Å². The van der Waals surface area contributed by atoms with Gasteiger partial charge in [0.15, 0.2) is 0 Å². The lowest BCUT2D eigenvalue weighted by molar-refractivity contribution is 0.264. The van der Waals surface area contributed by atoms with Crippen LogP contribution in [-0.2, 0) is 16.2 Å². The van der Waals surface area contributed by atoms with E-state index in [1.54, 1.807) is 0 Å². The molecule has 2 aromatic carbocycles. The number of hydrogen-bond acceptors (Lipinski definition) is 1. The Kier molecular flexibility index (Phi) is 4.06. The third kappa shape index (κ3) is 2.99. The Morgan fingerprint density at radius 3 is 1.84 bits per heavy atom. The monoisotopic (exact) mass is 335 g/mol. The maximum absolute atomic E-state index is 3.59. The molecule has 1 heteroatoms. The van der Waals surface area contributed by atoms with E-state index in [9.17, 15) is 0 Å². The Hall–Kier alpha value is -1.76. The van der Waals surface area contributed by atoms with E-state index in [1.165, 1.54) is 22.4 Å². The molecule has 1 N–H and O–H groups in total. The fourth-order valence-corrected chi connectivity index (χ4v) is 4.31. The number of hydrogen-bond donors (Lipinski definition) is 1. The van der Waals surface area contributed by atoms with E-state index in [0.29, 0.717) is 5.92 Å². The largest absolute Gasteiger partial charge is 0.356 e. The highest BCUT2D eigenvalue weighted by Crippen LogP contribution is 2.54. The summed E-state index contributed by atoms with van der Waals surface area (Å²) in [4.78, 5) is 0. The van der Waals surface area contributed by atoms with Crippen LogP contribution in [0.15, 0.2) is 42.5 Å². The number of benzene rings is 2. The molecule has 0 aromatic heterocycles. The van der Waals surface area contributed by atoms with E-state index in [0.717, 1.165) is 5.69 Å². The van der Waals surface area contributed by atoms with Gasteiger partial charge >= 0.3 is 0 Å². The van der Waals surface area contributed by atoms with Gasteiger partial charge in [-0.3, -0.25) is 0 Å². The summed E-state index contributed by atoms with van der Waals surface area (Å²) in [6, 6.07) is 15.7. The van der Waals surface area contributed by atoms with Crippen molar-refractivity contribution in [1.29, 1.82) is 0 Å². The number of anilines is 2. The molecule has 1 nitrogen and oxygen atoms in total. The van der Waals surface area contributed by atoms with Crippen LogP contribution in [0.4, 0.5) is 11.4 Å². The molecular weight excluding hydrogens is 302 g/mol. The van der Waals surface area contributed by atoms with Crippen LogP contribution >= 0.6 is 0 Å². The zero-order chi connectivity index (χ0) is 18.6. The summed E-state index contributed by atoms with van der Waals surface area (Å²) in [5.41, 5.74) is 7.30. The second-order valence-corrected chi connectivity index (χ2v) is 9.88. The molecule has 1 atom stereocenters. The Labute approximate surface area is 153 Å². The van der Waals surface area contributed by atoms with Gasteiger partial charge in [0.2, 0.25) is 0 Å². The molecule has 1 unspecified atom stereocenters. The van der Waals surface area contributed by atoms with Crippen molar-refractivity contribution in [3.63, 3.8) is 0 Å². The zero-order valence-electron chi connectivity index (χ0n) is 17.1.